The molecule has 0 atom stereocenters. The first kappa shape index (κ1) is 16.7. The Morgan fingerprint density at radius 1 is 1.40 bits per heavy atom. The van der Waals surface area contributed by atoms with E-state index in [0.29, 0.717) is 18.2 Å². The summed E-state index contributed by atoms with van der Waals surface area (Å²) in [5.74, 6) is 0.474. The summed E-state index contributed by atoms with van der Waals surface area (Å²) in [4.78, 5) is 15.9. The van der Waals surface area contributed by atoms with E-state index in [-0.39, 0.29) is 45.7 Å². The van der Waals surface area contributed by atoms with Gasteiger partial charge in [0.05, 0.1) is 24.6 Å². The van der Waals surface area contributed by atoms with E-state index in [1.807, 2.05) is 13.0 Å². The van der Waals surface area contributed by atoms with Crippen LogP contribution in [0, 0.1) is 11.3 Å². The summed E-state index contributed by atoms with van der Waals surface area (Å²) >= 11 is 5.13. The topological polar surface area (TPSA) is 67.9 Å². The smallest absolute Gasteiger partial charge is 0.760 e. The van der Waals surface area contributed by atoms with E-state index < -0.39 is 0 Å². The van der Waals surface area contributed by atoms with E-state index in [1.165, 1.54) is 22.9 Å². The Labute approximate surface area is 143 Å². The molecule has 0 amide bonds. The first-order valence-corrected chi connectivity index (χ1v) is 6.00. The summed E-state index contributed by atoms with van der Waals surface area (Å²) in [6.45, 7) is 2.38. The third kappa shape index (κ3) is 3.38. The van der Waals surface area contributed by atoms with Gasteiger partial charge in [-0.3, -0.25) is 4.79 Å². The molecule has 2 aromatic heterocycles. The molecule has 0 spiro atoms. The molecule has 0 aliphatic heterocycles. The predicted molar refractivity (Wildman–Crippen MR) is 71.3 cm³/mol. The summed E-state index contributed by atoms with van der Waals surface area (Å²) in [7, 11) is 0. The molecule has 2 rings (SSSR count). The van der Waals surface area contributed by atoms with Crippen LogP contribution < -0.4 is 39.9 Å². The first-order valence-electron chi connectivity index (χ1n) is 5.59. The van der Waals surface area contributed by atoms with E-state index >= 15 is 0 Å². The van der Waals surface area contributed by atoms with E-state index in [4.69, 9.17) is 22.6 Å². The SMILES string of the molecule is CCOc1ccc(-n2c([S-])c(C#N)ccc2=O)cn1.[Na+]. The van der Waals surface area contributed by atoms with Crippen molar-refractivity contribution < 1.29 is 34.3 Å². The van der Waals surface area contributed by atoms with Crippen molar-refractivity contribution in [2.45, 2.75) is 11.9 Å². The molecule has 0 fully saturated rings. The minimum atomic E-state index is -0.296. The van der Waals surface area contributed by atoms with Crippen molar-refractivity contribution in [1.29, 1.82) is 5.26 Å². The molecule has 0 saturated carbocycles. The molecule has 0 aliphatic carbocycles. The standard InChI is InChI=1S/C13H11N3O2S.Na/c1-2-18-11-5-4-10(8-15-11)16-12(17)6-3-9(7-14)13(16)19;/h3-6,8,19H,2H2,1H3;/q;+1/p-1. The van der Waals surface area contributed by atoms with E-state index in [1.54, 1.807) is 12.1 Å². The van der Waals surface area contributed by atoms with Crippen molar-refractivity contribution in [1.82, 2.24) is 9.55 Å². The van der Waals surface area contributed by atoms with Gasteiger partial charge < -0.3 is 21.9 Å². The van der Waals surface area contributed by atoms with Gasteiger partial charge in [0, 0.05) is 17.7 Å². The zero-order valence-electron chi connectivity index (χ0n) is 11.2. The van der Waals surface area contributed by atoms with E-state index in [0.717, 1.165) is 0 Å². The number of hydrogen-bond donors (Lipinski definition) is 0. The third-order valence-electron chi connectivity index (χ3n) is 2.44. The van der Waals surface area contributed by atoms with Gasteiger partial charge in [-0.1, -0.05) is 5.03 Å². The van der Waals surface area contributed by atoms with Gasteiger partial charge in [0.15, 0.2) is 0 Å². The quantitative estimate of drug-likeness (QED) is 0.505. The van der Waals surface area contributed by atoms with Crippen molar-refractivity contribution in [3.05, 3.63) is 46.4 Å². The van der Waals surface area contributed by atoms with Crippen LogP contribution in [0.2, 0.25) is 0 Å². The molecule has 2 aromatic rings. The number of hydrogen-bond acceptors (Lipinski definition) is 5. The molecule has 0 bridgehead atoms. The molecule has 0 unspecified atom stereocenters. The average Bonchev–Trinajstić information content (AvgIpc) is 2.41. The Bertz CT molecular complexity index is 692. The molecule has 0 saturated heterocycles. The molecule has 0 aliphatic rings. The molecular weight excluding hydrogens is 285 g/mol. The maximum absolute atomic E-state index is 11.8. The Hall–Kier alpha value is -1.39. The predicted octanol–water partition coefficient (Wildman–Crippen LogP) is -1.59. The van der Waals surface area contributed by atoms with Gasteiger partial charge >= 0.3 is 29.6 Å². The van der Waals surface area contributed by atoms with Crippen molar-refractivity contribution in [2.24, 2.45) is 0 Å². The van der Waals surface area contributed by atoms with Crippen LogP contribution in [0.5, 0.6) is 5.88 Å². The zero-order valence-corrected chi connectivity index (χ0v) is 14.0. The number of pyridine rings is 2. The maximum atomic E-state index is 11.8. The Morgan fingerprint density at radius 2 is 2.15 bits per heavy atom. The average molecular weight is 295 g/mol. The zero-order chi connectivity index (χ0) is 13.8. The number of aromatic nitrogens is 2. The first-order chi connectivity index (χ1) is 9.17. The van der Waals surface area contributed by atoms with Crippen LogP contribution in [-0.4, -0.2) is 16.2 Å². The summed E-state index contributed by atoms with van der Waals surface area (Å²) in [5.41, 5.74) is 0.494. The van der Waals surface area contributed by atoms with Crippen LogP contribution in [-0.2, 0) is 12.6 Å². The molecule has 2 heterocycles. The van der Waals surface area contributed by atoms with Crippen LogP contribution in [0.25, 0.3) is 5.69 Å². The van der Waals surface area contributed by atoms with Crippen molar-refractivity contribution >= 4 is 12.6 Å². The van der Waals surface area contributed by atoms with Crippen LogP contribution >= 0.6 is 0 Å². The maximum Gasteiger partial charge on any atom is 1.00 e. The largest absolute Gasteiger partial charge is 1.00 e. The molecule has 0 N–H and O–H groups in total. The Kier molecular flexibility index (Phi) is 6.17. The fourth-order valence-corrected chi connectivity index (χ4v) is 1.90. The monoisotopic (exact) mass is 295 g/mol. The fraction of sp³-hybridized carbons (Fsp3) is 0.154. The fourth-order valence-electron chi connectivity index (χ4n) is 1.59. The van der Waals surface area contributed by atoms with Crippen LogP contribution in [0.4, 0.5) is 0 Å². The number of ether oxygens (including phenoxy) is 1. The number of rotatable bonds is 3. The summed E-state index contributed by atoms with van der Waals surface area (Å²) in [6, 6.07) is 8.01. The summed E-state index contributed by atoms with van der Waals surface area (Å²) in [6.07, 6.45) is 1.49. The second kappa shape index (κ2) is 7.41. The van der Waals surface area contributed by atoms with Gasteiger partial charge in [0.1, 0.15) is 0 Å². The van der Waals surface area contributed by atoms with Gasteiger partial charge in [0.2, 0.25) is 5.88 Å². The van der Waals surface area contributed by atoms with E-state index in [9.17, 15) is 4.79 Å². The third-order valence-corrected chi connectivity index (χ3v) is 2.84. The number of nitriles is 1. The minimum Gasteiger partial charge on any atom is -0.760 e. The van der Waals surface area contributed by atoms with Gasteiger partial charge in [-0.2, -0.15) is 5.26 Å². The minimum absolute atomic E-state index is 0. The molecule has 0 radical (unpaired) electrons. The Morgan fingerprint density at radius 3 is 2.70 bits per heavy atom. The number of nitrogens with zero attached hydrogens (tertiary/aromatic N) is 3. The Balaban J connectivity index is 0.00000200. The molecule has 0 aromatic carbocycles. The van der Waals surface area contributed by atoms with Crippen molar-refractivity contribution in [2.75, 3.05) is 6.61 Å². The van der Waals surface area contributed by atoms with Gasteiger partial charge in [0.25, 0.3) is 5.56 Å². The second-order valence-electron chi connectivity index (χ2n) is 3.63. The molecular formula is C13H10N3NaO2S. The van der Waals surface area contributed by atoms with Crippen LogP contribution in [0.3, 0.4) is 0 Å². The molecule has 20 heavy (non-hydrogen) atoms. The summed E-state index contributed by atoms with van der Waals surface area (Å²) in [5, 5.41) is 9.11. The second-order valence-corrected chi connectivity index (χ2v) is 4.01. The van der Waals surface area contributed by atoms with Crippen LogP contribution in [0.15, 0.2) is 40.3 Å². The van der Waals surface area contributed by atoms with Gasteiger partial charge in [-0.25, -0.2) is 4.98 Å². The van der Waals surface area contributed by atoms with Crippen molar-refractivity contribution in [3.63, 3.8) is 0 Å². The van der Waals surface area contributed by atoms with E-state index in [2.05, 4.69) is 4.98 Å². The normalized spacial score (nSPS) is 9.40. The molecule has 5 nitrogen and oxygen atoms in total. The van der Waals surface area contributed by atoms with Crippen LogP contribution in [0.1, 0.15) is 12.5 Å². The summed E-state index contributed by atoms with van der Waals surface area (Å²) < 4.78 is 6.50. The van der Waals surface area contributed by atoms with Gasteiger partial charge in [-0.05, 0) is 19.1 Å². The van der Waals surface area contributed by atoms with Crippen molar-refractivity contribution in [3.8, 4) is 17.6 Å². The molecule has 7 heteroatoms. The van der Waals surface area contributed by atoms with Gasteiger partial charge in [-0.15, -0.1) is 0 Å². The molecule has 96 valence electrons.